The number of aliphatic hydroxyl groups excluding tert-OH is 1. The van der Waals surface area contributed by atoms with Gasteiger partial charge in [-0.05, 0) is 24.8 Å². The Morgan fingerprint density at radius 1 is 1.58 bits per heavy atom. The Labute approximate surface area is 108 Å². The lowest BCUT2D eigenvalue weighted by Crippen LogP contribution is -2.21. The zero-order valence-electron chi connectivity index (χ0n) is 10.1. The molecule has 7 nitrogen and oxygen atoms in total. The Bertz CT molecular complexity index is 620. The van der Waals surface area contributed by atoms with E-state index in [-0.39, 0.29) is 17.2 Å². The Morgan fingerprint density at radius 2 is 2.37 bits per heavy atom. The van der Waals surface area contributed by atoms with E-state index >= 15 is 0 Å². The predicted molar refractivity (Wildman–Crippen MR) is 67.9 cm³/mol. The molecule has 3 rings (SSSR count). The minimum Gasteiger partial charge on any atom is -0.423 e. The van der Waals surface area contributed by atoms with Gasteiger partial charge in [0.15, 0.2) is 11.1 Å². The molecule has 0 amide bonds. The normalized spacial score (nSPS) is 16.5. The fourth-order valence-corrected chi connectivity index (χ4v) is 2.00. The van der Waals surface area contributed by atoms with Crippen LogP contribution in [-0.2, 0) is 0 Å². The summed E-state index contributed by atoms with van der Waals surface area (Å²) in [7, 11) is 0. The van der Waals surface area contributed by atoms with Crippen LogP contribution in [0.2, 0.25) is 0 Å². The highest BCUT2D eigenvalue weighted by atomic mass is 16.6. The lowest BCUT2D eigenvalue weighted by atomic mass is 10.2. The number of nitro groups is 1. The highest BCUT2D eigenvalue weighted by Crippen LogP contribution is 2.33. The number of rotatable bonds is 5. The summed E-state index contributed by atoms with van der Waals surface area (Å²) < 4.78 is 5.37. The van der Waals surface area contributed by atoms with Crippen LogP contribution in [0.15, 0.2) is 22.6 Å². The molecule has 0 radical (unpaired) electrons. The van der Waals surface area contributed by atoms with E-state index in [0.29, 0.717) is 18.0 Å². The molecule has 2 N–H and O–H groups in total. The summed E-state index contributed by atoms with van der Waals surface area (Å²) in [5, 5.41) is 23.5. The van der Waals surface area contributed by atoms with Crippen LogP contribution in [0, 0.1) is 16.0 Å². The number of non-ortho nitro benzene ring substituents is 1. The van der Waals surface area contributed by atoms with Gasteiger partial charge in [0, 0.05) is 12.6 Å². The number of nitrogens with one attached hydrogen (secondary N) is 1. The number of oxazole rings is 1. The molecule has 0 saturated heterocycles. The maximum Gasteiger partial charge on any atom is 0.298 e. The van der Waals surface area contributed by atoms with E-state index in [1.807, 2.05) is 0 Å². The molecule has 1 aromatic heterocycles. The standard InChI is InChI=1S/C12H13N3O4/c16-9(7-4-5-7)6-13-12-14-11-8(15(17)18)2-1-3-10(11)19-12/h1-3,7,9,16H,4-6H2,(H,13,14). The van der Waals surface area contributed by atoms with E-state index in [0.717, 1.165) is 12.8 Å². The fourth-order valence-electron chi connectivity index (χ4n) is 2.00. The maximum absolute atomic E-state index is 10.9. The van der Waals surface area contributed by atoms with Gasteiger partial charge in [-0.2, -0.15) is 4.98 Å². The van der Waals surface area contributed by atoms with Crippen LogP contribution in [0.3, 0.4) is 0 Å². The van der Waals surface area contributed by atoms with E-state index in [1.54, 1.807) is 12.1 Å². The van der Waals surface area contributed by atoms with Crippen molar-refractivity contribution in [2.75, 3.05) is 11.9 Å². The summed E-state index contributed by atoms with van der Waals surface area (Å²) in [5.41, 5.74) is 0.491. The lowest BCUT2D eigenvalue weighted by molar-refractivity contribution is -0.383. The Morgan fingerprint density at radius 3 is 3.05 bits per heavy atom. The van der Waals surface area contributed by atoms with Crippen LogP contribution in [0.25, 0.3) is 11.1 Å². The summed E-state index contributed by atoms with van der Waals surface area (Å²) >= 11 is 0. The lowest BCUT2D eigenvalue weighted by Gasteiger charge is -2.08. The number of benzene rings is 1. The highest BCUT2D eigenvalue weighted by Gasteiger charge is 2.29. The molecule has 100 valence electrons. The number of hydrogen-bond acceptors (Lipinski definition) is 6. The van der Waals surface area contributed by atoms with Crippen molar-refractivity contribution in [3.05, 3.63) is 28.3 Å². The van der Waals surface area contributed by atoms with Crippen LogP contribution >= 0.6 is 0 Å². The predicted octanol–water partition coefficient (Wildman–Crippen LogP) is 1.92. The highest BCUT2D eigenvalue weighted by molar-refractivity contribution is 5.83. The number of aliphatic hydroxyl groups is 1. The molecule has 1 aromatic carbocycles. The van der Waals surface area contributed by atoms with Crippen molar-refractivity contribution in [3.63, 3.8) is 0 Å². The summed E-state index contributed by atoms with van der Waals surface area (Å²) in [6.45, 7) is 0.339. The number of anilines is 1. The van der Waals surface area contributed by atoms with Crippen LogP contribution in [0.4, 0.5) is 11.7 Å². The van der Waals surface area contributed by atoms with Gasteiger partial charge in [0.2, 0.25) is 0 Å². The van der Waals surface area contributed by atoms with Gasteiger partial charge >= 0.3 is 0 Å². The minimum absolute atomic E-state index is 0.0861. The second-order valence-electron chi connectivity index (χ2n) is 4.69. The van der Waals surface area contributed by atoms with Crippen molar-refractivity contribution in [3.8, 4) is 0 Å². The number of fused-ring (bicyclic) bond motifs is 1. The zero-order chi connectivity index (χ0) is 13.4. The first-order chi connectivity index (χ1) is 9.15. The fraction of sp³-hybridized carbons (Fsp3) is 0.417. The monoisotopic (exact) mass is 263 g/mol. The number of para-hydroxylation sites is 1. The van der Waals surface area contributed by atoms with Crippen molar-refractivity contribution < 1.29 is 14.4 Å². The number of aromatic nitrogens is 1. The van der Waals surface area contributed by atoms with Gasteiger partial charge in [0.05, 0.1) is 11.0 Å². The molecule has 2 aromatic rings. The number of nitrogens with zero attached hydrogens (tertiary/aromatic N) is 2. The minimum atomic E-state index is -0.492. The van der Waals surface area contributed by atoms with Gasteiger partial charge in [0.25, 0.3) is 11.7 Å². The summed E-state index contributed by atoms with van der Waals surface area (Å²) in [6.07, 6.45) is 1.66. The van der Waals surface area contributed by atoms with E-state index in [4.69, 9.17) is 4.42 Å². The van der Waals surface area contributed by atoms with Crippen LogP contribution < -0.4 is 5.32 Å². The average Bonchev–Trinajstić information content (AvgIpc) is 3.14. The van der Waals surface area contributed by atoms with Gasteiger partial charge < -0.3 is 14.8 Å². The molecular formula is C12H13N3O4. The quantitative estimate of drug-likeness (QED) is 0.631. The van der Waals surface area contributed by atoms with Crippen molar-refractivity contribution in [2.45, 2.75) is 18.9 Å². The largest absolute Gasteiger partial charge is 0.423 e. The Balaban J connectivity index is 1.80. The third-order valence-corrected chi connectivity index (χ3v) is 3.22. The number of nitro benzene ring substituents is 1. The Kier molecular flexibility index (Phi) is 2.83. The molecule has 1 atom stereocenters. The van der Waals surface area contributed by atoms with Gasteiger partial charge in [-0.15, -0.1) is 0 Å². The molecule has 7 heteroatoms. The van der Waals surface area contributed by atoms with Crippen molar-refractivity contribution in [1.29, 1.82) is 0 Å². The molecular weight excluding hydrogens is 250 g/mol. The first kappa shape index (κ1) is 11.9. The van der Waals surface area contributed by atoms with Crippen molar-refractivity contribution >= 4 is 22.8 Å². The van der Waals surface area contributed by atoms with Crippen LogP contribution in [0.5, 0.6) is 0 Å². The molecule has 1 aliphatic rings. The van der Waals surface area contributed by atoms with E-state index in [1.165, 1.54) is 6.07 Å². The SMILES string of the molecule is O=[N+]([O-])c1cccc2oc(NCC(O)C3CC3)nc12. The van der Waals surface area contributed by atoms with Gasteiger partial charge in [-0.3, -0.25) is 10.1 Å². The number of hydrogen-bond donors (Lipinski definition) is 2. The first-order valence-corrected chi connectivity index (χ1v) is 6.11. The molecule has 1 unspecified atom stereocenters. The van der Waals surface area contributed by atoms with Gasteiger partial charge in [-0.25, -0.2) is 0 Å². The van der Waals surface area contributed by atoms with E-state index < -0.39 is 11.0 Å². The zero-order valence-corrected chi connectivity index (χ0v) is 10.1. The van der Waals surface area contributed by atoms with E-state index in [9.17, 15) is 15.2 Å². The summed E-state index contributed by atoms with van der Waals surface area (Å²) in [5.74, 6) is 0.353. The molecule has 19 heavy (non-hydrogen) atoms. The van der Waals surface area contributed by atoms with Crippen LogP contribution in [0.1, 0.15) is 12.8 Å². The second kappa shape index (κ2) is 4.51. The summed E-state index contributed by atoms with van der Waals surface area (Å²) in [4.78, 5) is 14.4. The molecule has 0 spiro atoms. The molecule has 1 saturated carbocycles. The first-order valence-electron chi connectivity index (χ1n) is 6.11. The third-order valence-electron chi connectivity index (χ3n) is 3.22. The molecule has 1 fully saturated rings. The van der Waals surface area contributed by atoms with Crippen molar-refractivity contribution in [1.82, 2.24) is 4.98 Å². The van der Waals surface area contributed by atoms with Gasteiger partial charge in [0.1, 0.15) is 0 Å². The van der Waals surface area contributed by atoms with E-state index in [2.05, 4.69) is 10.3 Å². The average molecular weight is 263 g/mol. The molecule has 1 aliphatic carbocycles. The topological polar surface area (TPSA) is 101 Å². The summed E-state index contributed by atoms with van der Waals surface area (Å²) in [6, 6.07) is 4.75. The second-order valence-corrected chi connectivity index (χ2v) is 4.69. The maximum atomic E-state index is 10.9. The van der Waals surface area contributed by atoms with Crippen LogP contribution in [-0.4, -0.2) is 27.7 Å². The molecule has 0 aliphatic heterocycles. The van der Waals surface area contributed by atoms with Crippen molar-refractivity contribution in [2.24, 2.45) is 5.92 Å². The molecule has 0 bridgehead atoms. The third kappa shape index (κ3) is 2.37. The Hall–Kier alpha value is -2.15. The smallest absolute Gasteiger partial charge is 0.298 e. The molecule has 1 heterocycles. The van der Waals surface area contributed by atoms with Gasteiger partial charge in [-0.1, -0.05) is 6.07 Å².